The maximum Gasteiger partial charge on any atom is 0.226 e. The molecule has 2 N–H and O–H groups in total. The normalized spacial score (nSPS) is 17.9. The Morgan fingerprint density at radius 3 is 2.54 bits per heavy atom. The van der Waals surface area contributed by atoms with E-state index in [0.717, 1.165) is 62.9 Å². The predicted octanol–water partition coefficient (Wildman–Crippen LogP) is 2.06. The minimum atomic E-state index is 0.290. The van der Waals surface area contributed by atoms with Crippen molar-refractivity contribution in [2.75, 3.05) is 61.9 Å². The number of aryl methyl sites for hydroxylation is 1. The number of hydrogen-bond acceptors (Lipinski definition) is 7. The molecule has 0 unspecified atom stereocenters. The van der Waals surface area contributed by atoms with Gasteiger partial charge in [-0.2, -0.15) is 9.97 Å². The highest BCUT2D eigenvalue weighted by Gasteiger charge is 2.23. The van der Waals surface area contributed by atoms with Crippen LogP contribution in [-0.2, 0) is 6.42 Å². The van der Waals surface area contributed by atoms with Crippen molar-refractivity contribution in [3.05, 3.63) is 29.8 Å². The van der Waals surface area contributed by atoms with Crippen LogP contribution >= 0.6 is 0 Å². The van der Waals surface area contributed by atoms with E-state index in [-0.39, 0.29) is 5.75 Å². The standard InChI is InChI=1S/C19H26N6O/c1-20-19-21-17(24-10-8-23(2)9-11-24)13-18(22-19)25-7-3-4-14-5-6-15(26)12-16(14)25/h5-6,12-13,26H,3-4,7-11H2,1-2H3,(H,20,21,22). The second-order valence-corrected chi connectivity index (χ2v) is 7.02. The van der Waals surface area contributed by atoms with E-state index < -0.39 is 0 Å². The van der Waals surface area contributed by atoms with Crippen molar-refractivity contribution >= 4 is 23.3 Å². The summed E-state index contributed by atoms with van der Waals surface area (Å²) >= 11 is 0. The molecule has 0 radical (unpaired) electrons. The summed E-state index contributed by atoms with van der Waals surface area (Å²) in [5.74, 6) is 2.76. The van der Waals surface area contributed by atoms with Gasteiger partial charge < -0.3 is 25.1 Å². The summed E-state index contributed by atoms with van der Waals surface area (Å²) < 4.78 is 0. The summed E-state index contributed by atoms with van der Waals surface area (Å²) in [6.45, 7) is 4.89. The van der Waals surface area contributed by atoms with Crippen LogP contribution < -0.4 is 15.1 Å². The van der Waals surface area contributed by atoms with E-state index in [2.05, 4.69) is 38.1 Å². The van der Waals surface area contributed by atoms with E-state index in [1.165, 1.54) is 5.56 Å². The molecule has 0 bridgehead atoms. The molecule has 4 rings (SSSR count). The van der Waals surface area contributed by atoms with Gasteiger partial charge in [0, 0.05) is 57.6 Å². The summed E-state index contributed by atoms with van der Waals surface area (Å²) in [5.41, 5.74) is 2.29. The molecule has 0 aliphatic carbocycles. The van der Waals surface area contributed by atoms with Gasteiger partial charge in [0.05, 0.1) is 0 Å². The van der Waals surface area contributed by atoms with Gasteiger partial charge in [-0.25, -0.2) is 0 Å². The number of anilines is 4. The molecular formula is C19H26N6O. The van der Waals surface area contributed by atoms with Crippen LogP contribution in [0, 0.1) is 0 Å². The van der Waals surface area contributed by atoms with Gasteiger partial charge >= 0.3 is 0 Å². The van der Waals surface area contributed by atoms with Gasteiger partial charge in [0.15, 0.2) is 0 Å². The van der Waals surface area contributed by atoms with E-state index in [4.69, 9.17) is 4.98 Å². The van der Waals surface area contributed by atoms with Gasteiger partial charge in [-0.15, -0.1) is 0 Å². The topological polar surface area (TPSA) is 67.8 Å². The van der Waals surface area contributed by atoms with Crippen LogP contribution in [0.2, 0.25) is 0 Å². The molecule has 0 amide bonds. The molecule has 7 nitrogen and oxygen atoms in total. The molecule has 7 heteroatoms. The Bertz CT molecular complexity index is 788. The summed E-state index contributed by atoms with van der Waals surface area (Å²) in [6.07, 6.45) is 2.10. The molecule has 26 heavy (non-hydrogen) atoms. The second-order valence-electron chi connectivity index (χ2n) is 7.02. The van der Waals surface area contributed by atoms with Gasteiger partial charge in [0.2, 0.25) is 5.95 Å². The minimum absolute atomic E-state index is 0.290. The van der Waals surface area contributed by atoms with E-state index in [9.17, 15) is 5.11 Å². The lowest BCUT2D eigenvalue weighted by Crippen LogP contribution is -2.45. The summed E-state index contributed by atoms with van der Waals surface area (Å²) in [6, 6.07) is 7.69. The maximum atomic E-state index is 9.95. The molecule has 2 aliphatic rings. The number of aromatic hydroxyl groups is 1. The fourth-order valence-electron chi connectivity index (χ4n) is 3.67. The molecule has 0 spiro atoms. The Balaban J connectivity index is 1.71. The molecule has 2 aromatic rings. The molecule has 138 valence electrons. The summed E-state index contributed by atoms with van der Waals surface area (Å²) in [4.78, 5) is 16.2. The lowest BCUT2D eigenvalue weighted by molar-refractivity contribution is 0.312. The first-order chi connectivity index (χ1) is 12.6. The van der Waals surface area contributed by atoms with E-state index in [1.54, 1.807) is 6.07 Å². The van der Waals surface area contributed by atoms with Crippen LogP contribution in [0.4, 0.5) is 23.3 Å². The van der Waals surface area contributed by atoms with Crippen molar-refractivity contribution in [3.63, 3.8) is 0 Å². The van der Waals surface area contributed by atoms with Crippen molar-refractivity contribution in [1.29, 1.82) is 0 Å². The number of nitrogens with zero attached hydrogens (tertiary/aromatic N) is 5. The Labute approximate surface area is 154 Å². The number of nitrogens with one attached hydrogen (secondary N) is 1. The summed E-state index contributed by atoms with van der Waals surface area (Å²) in [7, 11) is 4.00. The molecule has 1 saturated heterocycles. The van der Waals surface area contributed by atoms with Gasteiger partial charge in [-0.05, 0) is 31.5 Å². The number of aromatic nitrogens is 2. The number of likely N-dealkylation sites (N-methyl/N-ethyl adjacent to an activating group) is 1. The third kappa shape index (κ3) is 3.26. The molecule has 0 saturated carbocycles. The van der Waals surface area contributed by atoms with Crippen LogP contribution in [0.5, 0.6) is 5.75 Å². The van der Waals surface area contributed by atoms with Crippen molar-refractivity contribution < 1.29 is 5.11 Å². The quantitative estimate of drug-likeness (QED) is 0.874. The third-order valence-electron chi connectivity index (χ3n) is 5.21. The van der Waals surface area contributed by atoms with Crippen LogP contribution in [0.1, 0.15) is 12.0 Å². The predicted molar refractivity (Wildman–Crippen MR) is 105 cm³/mol. The average Bonchev–Trinajstić information content (AvgIpc) is 2.67. The molecule has 3 heterocycles. The lowest BCUT2D eigenvalue weighted by atomic mass is 10.0. The summed E-state index contributed by atoms with van der Waals surface area (Å²) in [5, 5.41) is 13.0. The number of phenols is 1. The number of piperazine rings is 1. The smallest absolute Gasteiger partial charge is 0.226 e. The van der Waals surface area contributed by atoms with E-state index in [0.29, 0.717) is 5.95 Å². The zero-order valence-corrected chi connectivity index (χ0v) is 15.4. The fraction of sp³-hybridized carbons (Fsp3) is 0.474. The van der Waals surface area contributed by atoms with Crippen LogP contribution in [0.3, 0.4) is 0 Å². The van der Waals surface area contributed by atoms with Gasteiger partial charge in [-0.1, -0.05) is 6.07 Å². The van der Waals surface area contributed by atoms with Crippen molar-refractivity contribution in [3.8, 4) is 5.75 Å². The molecule has 0 atom stereocenters. The largest absolute Gasteiger partial charge is 0.508 e. The first kappa shape index (κ1) is 16.9. The van der Waals surface area contributed by atoms with Crippen LogP contribution in [0.15, 0.2) is 24.3 Å². The zero-order valence-electron chi connectivity index (χ0n) is 15.4. The molecule has 2 aliphatic heterocycles. The third-order valence-corrected chi connectivity index (χ3v) is 5.21. The Kier molecular flexibility index (Phi) is 4.55. The lowest BCUT2D eigenvalue weighted by Gasteiger charge is -2.35. The van der Waals surface area contributed by atoms with Crippen LogP contribution in [0.25, 0.3) is 0 Å². The number of hydrogen-bond donors (Lipinski definition) is 2. The second kappa shape index (κ2) is 6.99. The molecule has 1 aromatic carbocycles. The van der Waals surface area contributed by atoms with Gasteiger partial charge in [0.25, 0.3) is 0 Å². The monoisotopic (exact) mass is 354 g/mol. The first-order valence-corrected chi connectivity index (χ1v) is 9.24. The van der Waals surface area contributed by atoms with Crippen molar-refractivity contribution in [1.82, 2.24) is 14.9 Å². The average molecular weight is 354 g/mol. The Morgan fingerprint density at radius 2 is 1.77 bits per heavy atom. The highest BCUT2D eigenvalue weighted by atomic mass is 16.3. The van der Waals surface area contributed by atoms with Crippen molar-refractivity contribution in [2.24, 2.45) is 0 Å². The number of phenolic OH excluding ortho intramolecular Hbond substituents is 1. The first-order valence-electron chi connectivity index (χ1n) is 9.24. The minimum Gasteiger partial charge on any atom is -0.508 e. The maximum absolute atomic E-state index is 9.95. The highest BCUT2D eigenvalue weighted by molar-refractivity contribution is 5.69. The Morgan fingerprint density at radius 1 is 1.00 bits per heavy atom. The SMILES string of the molecule is CNc1nc(N2CCN(C)CC2)cc(N2CCCc3ccc(O)cc32)n1. The van der Waals surface area contributed by atoms with Crippen molar-refractivity contribution in [2.45, 2.75) is 12.8 Å². The number of benzene rings is 1. The molecule has 1 aromatic heterocycles. The van der Waals surface area contributed by atoms with Gasteiger partial charge in [-0.3, -0.25) is 0 Å². The fourth-order valence-corrected chi connectivity index (χ4v) is 3.67. The van der Waals surface area contributed by atoms with E-state index >= 15 is 0 Å². The highest BCUT2D eigenvalue weighted by Crippen LogP contribution is 2.36. The molecule has 1 fully saturated rings. The molecular weight excluding hydrogens is 328 g/mol. The van der Waals surface area contributed by atoms with E-state index in [1.807, 2.05) is 19.2 Å². The Hall–Kier alpha value is -2.54. The number of fused-ring (bicyclic) bond motifs is 1. The zero-order chi connectivity index (χ0) is 18.1. The van der Waals surface area contributed by atoms with Crippen LogP contribution in [-0.4, -0.2) is 66.8 Å². The number of rotatable bonds is 3. The van der Waals surface area contributed by atoms with Gasteiger partial charge in [0.1, 0.15) is 17.4 Å².